The Hall–Kier alpha value is -3.55. The predicted octanol–water partition coefficient (Wildman–Crippen LogP) is 2.82. The first-order chi connectivity index (χ1) is 14.0. The first kappa shape index (κ1) is 18.8. The highest BCUT2D eigenvalue weighted by Crippen LogP contribution is 2.34. The lowest BCUT2D eigenvalue weighted by Crippen LogP contribution is -2.34. The molecule has 2 aromatic carbocycles. The number of fused-ring (bicyclic) bond motifs is 1. The molecule has 0 spiro atoms. The number of benzene rings is 2. The van der Waals surface area contributed by atoms with E-state index in [0.29, 0.717) is 17.2 Å². The Labute approximate surface area is 167 Å². The molecule has 2 aliphatic heterocycles. The van der Waals surface area contributed by atoms with Gasteiger partial charge in [0.2, 0.25) is 12.7 Å². The van der Waals surface area contributed by atoms with Gasteiger partial charge in [0.05, 0.1) is 6.04 Å². The normalized spacial score (nSPS) is 18.5. The molecule has 4 rings (SSSR count). The molecule has 0 aromatic heterocycles. The molecule has 2 unspecified atom stereocenters. The molecule has 1 saturated heterocycles. The van der Waals surface area contributed by atoms with Gasteiger partial charge in [-0.3, -0.25) is 14.5 Å². The van der Waals surface area contributed by atoms with Crippen molar-refractivity contribution in [2.75, 3.05) is 12.1 Å². The summed E-state index contributed by atoms with van der Waals surface area (Å²) in [6, 6.07) is 13.0. The number of imide groups is 1. The molecule has 2 aliphatic rings. The fourth-order valence-electron chi connectivity index (χ4n) is 3.46. The summed E-state index contributed by atoms with van der Waals surface area (Å²) in [6.45, 7) is 1.97. The lowest BCUT2D eigenvalue weighted by Gasteiger charge is -2.21. The van der Waals surface area contributed by atoms with Crippen molar-refractivity contribution in [3.05, 3.63) is 54.1 Å². The van der Waals surface area contributed by atoms with E-state index in [9.17, 15) is 14.4 Å². The Morgan fingerprint density at radius 1 is 1.17 bits per heavy atom. The monoisotopic (exact) mass is 395 g/mol. The molecule has 2 N–H and O–H groups in total. The van der Waals surface area contributed by atoms with E-state index >= 15 is 0 Å². The van der Waals surface area contributed by atoms with E-state index in [1.54, 1.807) is 18.2 Å². The maximum Gasteiger partial charge on any atom is 0.325 e. The fraction of sp³-hybridized carbons (Fsp3) is 0.286. The minimum atomic E-state index is -0.712. The van der Waals surface area contributed by atoms with Crippen molar-refractivity contribution in [1.82, 2.24) is 10.2 Å². The summed E-state index contributed by atoms with van der Waals surface area (Å²) >= 11 is 0. The average molecular weight is 395 g/mol. The van der Waals surface area contributed by atoms with Gasteiger partial charge in [-0.15, -0.1) is 0 Å². The standard InChI is InChI=1S/C21H21N3O5/c1-13(14-5-3-2-4-6-14)24-20(26)16(23-21(24)27)8-10-19(25)22-15-7-9-17-18(11-15)29-12-28-17/h2-7,9,11,13,16H,8,10,12H2,1H3,(H,22,25)(H,23,27). The van der Waals surface area contributed by atoms with E-state index in [2.05, 4.69) is 10.6 Å². The Morgan fingerprint density at radius 2 is 1.93 bits per heavy atom. The van der Waals surface area contributed by atoms with Crippen LogP contribution in [0, 0.1) is 0 Å². The van der Waals surface area contributed by atoms with Crippen molar-refractivity contribution in [3.63, 3.8) is 0 Å². The van der Waals surface area contributed by atoms with Gasteiger partial charge in [0.1, 0.15) is 6.04 Å². The summed E-state index contributed by atoms with van der Waals surface area (Å²) in [4.78, 5) is 38.5. The second kappa shape index (κ2) is 7.83. The Balaban J connectivity index is 1.33. The van der Waals surface area contributed by atoms with Gasteiger partial charge in [-0.05, 0) is 31.0 Å². The zero-order valence-electron chi connectivity index (χ0n) is 15.9. The van der Waals surface area contributed by atoms with Crippen LogP contribution in [-0.4, -0.2) is 35.6 Å². The lowest BCUT2D eigenvalue weighted by atomic mass is 10.1. The Kier molecular flexibility index (Phi) is 5.07. The largest absolute Gasteiger partial charge is 0.454 e. The maximum absolute atomic E-state index is 12.7. The molecule has 0 radical (unpaired) electrons. The van der Waals surface area contributed by atoms with Gasteiger partial charge in [0.15, 0.2) is 11.5 Å². The van der Waals surface area contributed by atoms with Crippen LogP contribution in [0.1, 0.15) is 31.4 Å². The molecule has 2 aromatic rings. The van der Waals surface area contributed by atoms with Gasteiger partial charge < -0.3 is 20.1 Å². The molecule has 0 bridgehead atoms. The third-order valence-electron chi connectivity index (χ3n) is 5.04. The van der Waals surface area contributed by atoms with E-state index in [-0.39, 0.29) is 37.5 Å². The molecule has 8 nitrogen and oxygen atoms in total. The highest BCUT2D eigenvalue weighted by Gasteiger charge is 2.40. The number of nitrogens with zero attached hydrogens (tertiary/aromatic N) is 1. The van der Waals surface area contributed by atoms with Gasteiger partial charge in [0, 0.05) is 18.2 Å². The van der Waals surface area contributed by atoms with Crippen LogP contribution in [0.4, 0.5) is 10.5 Å². The topological polar surface area (TPSA) is 97.0 Å². The van der Waals surface area contributed by atoms with Crippen LogP contribution < -0.4 is 20.1 Å². The molecule has 29 heavy (non-hydrogen) atoms. The van der Waals surface area contributed by atoms with Crippen molar-refractivity contribution in [3.8, 4) is 11.5 Å². The Bertz CT molecular complexity index is 947. The molecule has 2 atom stereocenters. The van der Waals surface area contributed by atoms with Crippen molar-refractivity contribution in [1.29, 1.82) is 0 Å². The van der Waals surface area contributed by atoms with E-state index < -0.39 is 12.1 Å². The molecule has 2 heterocycles. The van der Waals surface area contributed by atoms with Crippen LogP contribution in [0.3, 0.4) is 0 Å². The third-order valence-corrected chi connectivity index (χ3v) is 5.04. The van der Waals surface area contributed by atoms with Crippen LogP contribution >= 0.6 is 0 Å². The van der Waals surface area contributed by atoms with Crippen molar-refractivity contribution >= 4 is 23.5 Å². The first-order valence-corrected chi connectivity index (χ1v) is 9.41. The molecule has 0 aliphatic carbocycles. The molecular weight excluding hydrogens is 374 g/mol. The van der Waals surface area contributed by atoms with Crippen molar-refractivity contribution < 1.29 is 23.9 Å². The highest BCUT2D eigenvalue weighted by molar-refractivity contribution is 6.05. The number of carbonyl (C=O) groups is 3. The van der Waals surface area contributed by atoms with Crippen LogP contribution in [0.2, 0.25) is 0 Å². The van der Waals surface area contributed by atoms with Crippen molar-refractivity contribution in [2.24, 2.45) is 0 Å². The number of urea groups is 1. The van der Waals surface area contributed by atoms with Crippen LogP contribution in [-0.2, 0) is 9.59 Å². The smallest absolute Gasteiger partial charge is 0.325 e. The minimum Gasteiger partial charge on any atom is -0.454 e. The SMILES string of the molecule is CC(c1ccccc1)N1C(=O)NC(CCC(=O)Nc2ccc3c(c2)OCO3)C1=O. The van der Waals surface area contributed by atoms with Gasteiger partial charge in [-0.2, -0.15) is 0 Å². The van der Waals surface area contributed by atoms with E-state index in [4.69, 9.17) is 9.47 Å². The molecule has 150 valence electrons. The fourth-order valence-corrected chi connectivity index (χ4v) is 3.46. The zero-order valence-corrected chi connectivity index (χ0v) is 15.9. The molecule has 0 saturated carbocycles. The number of ether oxygens (including phenoxy) is 2. The number of nitrogens with one attached hydrogen (secondary N) is 2. The third kappa shape index (κ3) is 3.87. The number of carbonyl (C=O) groups excluding carboxylic acids is 3. The molecule has 1 fully saturated rings. The zero-order chi connectivity index (χ0) is 20.4. The number of rotatable bonds is 6. The number of hydrogen-bond acceptors (Lipinski definition) is 5. The van der Waals surface area contributed by atoms with Crippen LogP contribution in [0.25, 0.3) is 0 Å². The quantitative estimate of drug-likeness (QED) is 0.733. The summed E-state index contributed by atoms with van der Waals surface area (Å²) in [5.74, 6) is 0.643. The maximum atomic E-state index is 12.7. The molecule has 8 heteroatoms. The number of hydrogen-bond donors (Lipinski definition) is 2. The minimum absolute atomic E-state index is 0.0959. The van der Waals surface area contributed by atoms with Gasteiger partial charge in [0.25, 0.3) is 5.91 Å². The van der Waals surface area contributed by atoms with Crippen molar-refractivity contribution in [2.45, 2.75) is 31.8 Å². The predicted molar refractivity (Wildman–Crippen MR) is 104 cm³/mol. The van der Waals surface area contributed by atoms with E-state index in [0.717, 1.165) is 5.56 Å². The summed E-state index contributed by atoms with van der Waals surface area (Å²) in [5, 5.41) is 5.45. The molecular formula is C21H21N3O5. The van der Waals surface area contributed by atoms with Gasteiger partial charge in [-0.1, -0.05) is 30.3 Å². The second-order valence-electron chi connectivity index (χ2n) is 6.95. The summed E-state index contributed by atoms with van der Waals surface area (Å²) in [7, 11) is 0. The summed E-state index contributed by atoms with van der Waals surface area (Å²) < 4.78 is 10.5. The highest BCUT2D eigenvalue weighted by atomic mass is 16.7. The number of amides is 4. The van der Waals surface area contributed by atoms with Gasteiger partial charge in [-0.25, -0.2) is 4.79 Å². The Morgan fingerprint density at radius 3 is 2.72 bits per heavy atom. The lowest BCUT2D eigenvalue weighted by molar-refractivity contribution is -0.129. The average Bonchev–Trinajstić information content (AvgIpc) is 3.30. The van der Waals surface area contributed by atoms with E-state index in [1.165, 1.54) is 4.90 Å². The van der Waals surface area contributed by atoms with Crippen LogP contribution in [0.15, 0.2) is 48.5 Å². The first-order valence-electron chi connectivity index (χ1n) is 9.41. The van der Waals surface area contributed by atoms with E-state index in [1.807, 2.05) is 37.3 Å². The molecule has 4 amide bonds. The van der Waals surface area contributed by atoms with Crippen LogP contribution in [0.5, 0.6) is 11.5 Å². The number of anilines is 1. The van der Waals surface area contributed by atoms with Gasteiger partial charge >= 0.3 is 6.03 Å². The second-order valence-corrected chi connectivity index (χ2v) is 6.95. The summed E-state index contributed by atoms with van der Waals surface area (Å²) in [5.41, 5.74) is 1.46. The summed E-state index contributed by atoms with van der Waals surface area (Å²) in [6.07, 6.45) is 0.317.